The summed E-state index contributed by atoms with van der Waals surface area (Å²) in [5.41, 5.74) is 0.463. The molecule has 3 heterocycles. The number of amides is 1. The van der Waals surface area contributed by atoms with Crippen molar-refractivity contribution in [2.24, 2.45) is 5.92 Å². The number of piperidine rings is 2. The lowest BCUT2D eigenvalue weighted by Crippen LogP contribution is -2.51. The van der Waals surface area contributed by atoms with E-state index in [1.807, 2.05) is 24.1 Å². The van der Waals surface area contributed by atoms with Gasteiger partial charge in [0.2, 0.25) is 5.91 Å². The molecule has 2 fully saturated rings. The van der Waals surface area contributed by atoms with Gasteiger partial charge in [0.15, 0.2) is 0 Å². The third kappa shape index (κ3) is 4.50. The molecule has 2 aliphatic heterocycles. The minimum absolute atomic E-state index is 0.143. The van der Waals surface area contributed by atoms with Gasteiger partial charge in [-0.2, -0.15) is 0 Å². The first-order valence-corrected chi connectivity index (χ1v) is 10.9. The van der Waals surface area contributed by atoms with Gasteiger partial charge in [-0.15, -0.1) is 5.10 Å². The topological polar surface area (TPSA) is 71.3 Å². The highest BCUT2D eigenvalue weighted by Crippen LogP contribution is 2.31. The van der Waals surface area contributed by atoms with Crippen LogP contribution in [0, 0.1) is 5.92 Å². The van der Waals surface area contributed by atoms with Gasteiger partial charge in [0.25, 0.3) is 5.56 Å². The van der Waals surface area contributed by atoms with Crippen LogP contribution in [0.4, 0.5) is 0 Å². The summed E-state index contributed by atoms with van der Waals surface area (Å²) in [4.78, 5) is 29.7. The molecular formula is C22H31N5O2. The van der Waals surface area contributed by atoms with Crippen LogP contribution < -0.4 is 5.56 Å². The van der Waals surface area contributed by atoms with Crippen molar-refractivity contribution in [2.45, 2.75) is 57.5 Å². The van der Waals surface area contributed by atoms with Crippen molar-refractivity contribution in [2.75, 3.05) is 26.7 Å². The first-order chi connectivity index (χ1) is 14.1. The molecule has 0 bridgehead atoms. The first-order valence-electron chi connectivity index (χ1n) is 10.9. The molecule has 7 nitrogen and oxygen atoms in total. The van der Waals surface area contributed by atoms with Gasteiger partial charge in [0, 0.05) is 32.6 Å². The molecule has 1 amide bonds. The lowest BCUT2D eigenvalue weighted by molar-refractivity contribution is -0.131. The summed E-state index contributed by atoms with van der Waals surface area (Å²) in [6, 6.07) is 7.87. The van der Waals surface area contributed by atoms with Gasteiger partial charge < -0.3 is 9.80 Å². The predicted molar refractivity (Wildman–Crippen MR) is 113 cm³/mol. The number of carbonyl (C=O) groups is 1. The fourth-order valence-corrected chi connectivity index (χ4v) is 4.98. The molecule has 0 radical (unpaired) electrons. The van der Waals surface area contributed by atoms with Crippen molar-refractivity contribution in [1.82, 2.24) is 24.8 Å². The molecule has 0 unspecified atom stereocenters. The Morgan fingerprint density at radius 1 is 1.17 bits per heavy atom. The van der Waals surface area contributed by atoms with Gasteiger partial charge in [0.1, 0.15) is 5.52 Å². The van der Waals surface area contributed by atoms with Crippen molar-refractivity contribution in [3.63, 3.8) is 0 Å². The molecule has 0 aliphatic carbocycles. The lowest BCUT2D eigenvalue weighted by atomic mass is 9.83. The summed E-state index contributed by atoms with van der Waals surface area (Å²) >= 11 is 0. The van der Waals surface area contributed by atoms with E-state index in [4.69, 9.17) is 0 Å². The largest absolute Gasteiger partial charge is 0.345 e. The van der Waals surface area contributed by atoms with E-state index in [1.54, 1.807) is 12.1 Å². The van der Waals surface area contributed by atoms with Gasteiger partial charge in [-0.05, 0) is 63.2 Å². The zero-order valence-corrected chi connectivity index (χ0v) is 17.3. The number of fused-ring (bicyclic) bond motifs is 2. The van der Waals surface area contributed by atoms with E-state index >= 15 is 0 Å². The van der Waals surface area contributed by atoms with Crippen LogP contribution in [0.1, 0.15) is 44.9 Å². The second-order valence-corrected chi connectivity index (χ2v) is 8.51. The Hall–Kier alpha value is -2.28. The van der Waals surface area contributed by atoms with Crippen LogP contribution in [0.5, 0.6) is 0 Å². The maximum atomic E-state index is 12.7. The number of aryl methyl sites for hydroxylation is 1. The van der Waals surface area contributed by atoms with E-state index < -0.39 is 0 Å². The number of rotatable bonds is 6. The van der Waals surface area contributed by atoms with E-state index in [1.165, 1.54) is 49.9 Å². The van der Waals surface area contributed by atoms with Crippen molar-refractivity contribution in [3.8, 4) is 0 Å². The number of benzene rings is 1. The van der Waals surface area contributed by atoms with Crippen LogP contribution in [0.2, 0.25) is 0 Å². The van der Waals surface area contributed by atoms with Crippen molar-refractivity contribution < 1.29 is 4.79 Å². The molecule has 0 N–H and O–H groups in total. The van der Waals surface area contributed by atoms with Crippen LogP contribution in [0.15, 0.2) is 29.1 Å². The maximum Gasteiger partial charge on any atom is 0.277 e. The van der Waals surface area contributed by atoms with Crippen LogP contribution >= 0.6 is 0 Å². The third-order valence-corrected chi connectivity index (χ3v) is 6.55. The minimum Gasteiger partial charge on any atom is -0.345 e. The van der Waals surface area contributed by atoms with E-state index in [0.717, 1.165) is 6.54 Å². The van der Waals surface area contributed by atoms with Crippen molar-refractivity contribution >= 4 is 16.8 Å². The zero-order chi connectivity index (χ0) is 20.2. The Bertz CT molecular complexity index is 909. The Morgan fingerprint density at radius 2 is 2.00 bits per heavy atom. The molecule has 2 aromatic rings. The molecule has 29 heavy (non-hydrogen) atoms. The molecule has 2 aliphatic rings. The molecule has 0 saturated carbocycles. The molecule has 4 rings (SSSR count). The maximum absolute atomic E-state index is 12.7. The number of carbonyl (C=O) groups excluding carboxylic acids is 1. The molecule has 2 atom stereocenters. The Morgan fingerprint density at radius 3 is 2.90 bits per heavy atom. The number of hydrogen-bond donors (Lipinski definition) is 0. The molecule has 1 aromatic heterocycles. The summed E-state index contributed by atoms with van der Waals surface area (Å²) in [5, 5.41) is 8.68. The fourth-order valence-electron chi connectivity index (χ4n) is 4.98. The van der Waals surface area contributed by atoms with Crippen LogP contribution in [0.3, 0.4) is 0 Å². The third-order valence-electron chi connectivity index (χ3n) is 6.55. The van der Waals surface area contributed by atoms with E-state index in [-0.39, 0.29) is 11.5 Å². The van der Waals surface area contributed by atoms with Crippen LogP contribution in [0.25, 0.3) is 10.9 Å². The Kier molecular flexibility index (Phi) is 6.23. The minimum atomic E-state index is -0.143. The standard InChI is InChI=1S/C22H31N5O2/c1-25(16-17-8-6-14-26-13-5-4-11-20(17)26)21(28)12-7-15-27-22(29)18-9-2-3-10-19(18)23-24-27/h2-3,9-10,17,20H,4-8,11-16H2,1H3/t17-,20+/m1/s1. The molecule has 2 saturated heterocycles. The lowest BCUT2D eigenvalue weighted by Gasteiger charge is -2.45. The first kappa shape index (κ1) is 20.0. The molecule has 156 valence electrons. The highest BCUT2D eigenvalue weighted by Gasteiger charge is 2.33. The van der Waals surface area contributed by atoms with Crippen molar-refractivity contribution in [1.29, 1.82) is 0 Å². The predicted octanol–water partition coefficient (Wildman–Crippen LogP) is 2.29. The van der Waals surface area contributed by atoms with Crippen molar-refractivity contribution in [3.05, 3.63) is 34.6 Å². The van der Waals surface area contributed by atoms with E-state index in [9.17, 15) is 9.59 Å². The zero-order valence-electron chi connectivity index (χ0n) is 17.3. The normalized spacial score (nSPS) is 22.4. The average molecular weight is 398 g/mol. The molecule has 1 aromatic carbocycles. The summed E-state index contributed by atoms with van der Waals surface area (Å²) in [5.74, 6) is 0.742. The highest BCUT2D eigenvalue weighted by molar-refractivity contribution is 5.76. The van der Waals surface area contributed by atoms with E-state index in [0.29, 0.717) is 42.2 Å². The van der Waals surface area contributed by atoms with Crippen LogP contribution in [-0.4, -0.2) is 63.4 Å². The summed E-state index contributed by atoms with van der Waals surface area (Å²) in [6.07, 6.45) is 7.39. The van der Waals surface area contributed by atoms with Gasteiger partial charge in [-0.25, -0.2) is 4.68 Å². The quantitative estimate of drug-likeness (QED) is 0.748. The Balaban J connectivity index is 1.29. The number of aromatic nitrogens is 3. The summed E-state index contributed by atoms with van der Waals surface area (Å²) in [7, 11) is 1.92. The van der Waals surface area contributed by atoms with Gasteiger partial charge in [-0.3, -0.25) is 9.59 Å². The second kappa shape index (κ2) is 9.03. The summed E-state index contributed by atoms with van der Waals surface area (Å²) < 4.78 is 1.37. The SMILES string of the molecule is CN(C[C@H]1CCCN2CCCC[C@@H]12)C(=O)CCCn1nnc2ccccc2c1=O. The molecule has 7 heteroatoms. The molecule has 0 spiro atoms. The smallest absolute Gasteiger partial charge is 0.277 e. The average Bonchev–Trinajstić information content (AvgIpc) is 2.75. The second-order valence-electron chi connectivity index (χ2n) is 8.51. The Labute approximate surface area is 171 Å². The number of nitrogens with zero attached hydrogens (tertiary/aromatic N) is 5. The summed E-state index contributed by atoms with van der Waals surface area (Å²) in [6.45, 7) is 3.70. The van der Waals surface area contributed by atoms with Gasteiger partial charge >= 0.3 is 0 Å². The highest BCUT2D eigenvalue weighted by atomic mass is 16.2. The molecular weight excluding hydrogens is 366 g/mol. The van der Waals surface area contributed by atoms with E-state index in [2.05, 4.69) is 15.2 Å². The van der Waals surface area contributed by atoms with Gasteiger partial charge in [0.05, 0.1) is 5.39 Å². The van der Waals surface area contributed by atoms with Crippen LogP contribution in [-0.2, 0) is 11.3 Å². The fraction of sp³-hybridized carbons (Fsp3) is 0.636. The number of hydrogen-bond acceptors (Lipinski definition) is 5. The monoisotopic (exact) mass is 397 g/mol. The van der Waals surface area contributed by atoms with Gasteiger partial charge in [-0.1, -0.05) is 23.8 Å².